The number of benzene rings is 1. The summed E-state index contributed by atoms with van der Waals surface area (Å²) in [7, 11) is 0. The van der Waals surface area contributed by atoms with Crippen molar-refractivity contribution in [3.8, 4) is 0 Å². The minimum atomic E-state index is 0.0256. The summed E-state index contributed by atoms with van der Waals surface area (Å²) in [5.74, 6) is 0.808. The van der Waals surface area contributed by atoms with Crippen LogP contribution in [0.3, 0.4) is 0 Å². The Labute approximate surface area is 112 Å². The maximum Gasteiger partial charge on any atom is 0.114 e. The number of aryl methyl sites for hydroxylation is 2. The quantitative estimate of drug-likeness (QED) is 0.858. The van der Waals surface area contributed by atoms with Gasteiger partial charge in [0.1, 0.15) is 5.03 Å². The monoisotopic (exact) mass is 259 g/mol. The molecule has 1 aromatic carbocycles. The zero-order valence-electron chi connectivity index (χ0n) is 10.6. The van der Waals surface area contributed by atoms with Gasteiger partial charge >= 0.3 is 0 Å². The van der Waals surface area contributed by atoms with E-state index in [1.807, 2.05) is 0 Å². The third-order valence-electron chi connectivity index (χ3n) is 2.78. The summed E-state index contributed by atoms with van der Waals surface area (Å²) in [5.41, 5.74) is 9.95. The van der Waals surface area contributed by atoms with Crippen LogP contribution in [0.25, 0.3) is 0 Å². The van der Waals surface area contributed by atoms with Crippen LogP contribution < -0.4 is 5.73 Å². The number of aromatic nitrogens is 2. The maximum atomic E-state index is 6.22. The fourth-order valence-electron chi connectivity index (χ4n) is 1.87. The molecule has 0 saturated carbocycles. The van der Waals surface area contributed by atoms with Crippen molar-refractivity contribution in [3.63, 3.8) is 0 Å². The molecular weight excluding hydrogens is 242 g/mol. The van der Waals surface area contributed by atoms with Crippen molar-refractivity contribution in [2.45, 2.75) is 24.9 Å². The molecule has 0 aliphatic rings. The molecule has 2 rings (SSSR count). The van der Waals surface area contributed by atoms with E-state index in [0.717, 1.165) is 10.8 Å². The van der Waals surface area contributed by atoms with Crippen molar-refractivity contribution >= 4 is 11.8 Å². The largest absolute Gasteiger partial charge is 0.323 e. The average Bonchev–Trinajstić information content (AvgIpc) is 2.37. The second-order valence-electron chi connectivity index (χ2n) is 4.32. The normalized spacial score (nSPS) is 12.4. The Bertz CT molecular complexity index is 514. The zero-order valence-corrected chi connectivity index (χ0v) is 11.4. The van der Waals surface area contributed by atoms with E-state index in [9.17, 15) is 0 Å². The highest BCUT2D eigenvalue weighted by Crippen LogP contribution is 2.23. The van der Waals surface area contributed by atoms with Crippen molar-refractivity contribution in [1.29, 1.82) is 0 Å². The molecule has 0 saturated heterocycles. The molecule has 94 valence electrons. The van der Waals surface area contributed by atoms with E-state index in [1.165, 1.54) is 16.7 Å². The molecular formula is C14H17N3S. The van der Waals surface area contributed by atoms with Crippen molar-refractivity contribution in [3.05, 3.63) is 53.5 Å². The van der Waals surface area contributed by atoms with Crippen LogP contribution in [0.5, 0.6) is 0 Å². The molecule has 0 spiro atoms. The van der Waals surface area contributed by atoms with E-state index >= 15 is 0 Å². The summed E-state index contributed by atoms with van der Waals surface area (Å²) in [6.45, 7) is 4.20. The number of hydrogen-bond acceptors (Lipinski definition) is 4. The standard InChI is InChI=1S/C14H17N3S/c1-10-3-4-12(11(2)7-10)13(15)9-18-14-8-16-5-6-17-14/h3-8,13H,9,15H2,1-2H3. The summed E-state index contributed by atoms with van der Waals surface area (Å²) >= 11 is 1.64. The smallest absolute Gasteiger partial charge is 0.114 e. The molecule has 0 bridgehead atoms. The zero-order chi connectivity index (χ0) is 13.0. The molecule has 2 N–H and O–H groups in total. The molecule has 4 heteroatoms. The molecule has 0 aliphatic carbocycles. The highest BCUT2D eigenvalue weighted by Gasteiger charge is 2.09. The van der Waals surface area contributed by atoms with Gasteiger partial charge in [0, 0.05) is 24.2 Å². The van der Waals surface area contributed by atoms with Crippen LogP contribution in [0.2, 0.25) is 0 Å². The second-order valence-corrected chi connectivity index (χ2v) is 5.36. The van der Waals surface area contributed by atoms with E-state index in [4.69, 9.17) is 5.73 Å². The molecule has 2 aromatic rings. The van der Waals surface area contributed by atoms with Gasteiger partial charge in [-0.25, -0.2) is 4.98 Å². The molecule has 0 radical (unpaired) electrons. The van der Waals surface area contributed by atoms with Gasteiger partial charge in [-0.2, -0.15) is 0 Å². The Hall–Kier alpha value is -1.39. The predicted octanol–water partition coefficient (Wildman–Crippen LogP) is 2.89. The lowest BCUT2D eigenvalue weighted by atomic mass is 10.0. The first kappa shape index (κ1) is 13.1. The van der Waals surface area contributed by atoms with Gasteiger partial charge in [0.15, 0.2) is 0 Å². The van der Waals surface area contributed by atoms with E-state index in [-0.39, 0.29) is 6.04 Å². The van der Waals surface area contributed by atoms with Crippen LogP contribution in [-0.2, 0) is 0 Å². The molecule has 1 heterocycles. The number of nitrogens with zero attached hydrogens (tertiary/aromatic N) is 2. The van der Waals surface area contributed by atoms with Gasteiger partial charge in [-0.15, -0.1) is 11.8 Å². The third kappa shape index (κ3) is 3.31. The van der Waals surface area contributed by atoms with Crippen molar-refractivity contribution in [1.82, 2.24) is 9.97 Å². The van der Waals surface area contributed by atoms with Gasteiger partial charge in [-0.3, -0.25) is 4.98 Å². The van der Waals surface area contributed by atoms with E-state index in [0.29, 0.717) is 0 Å². The molecule has 0 aliphatic heterocycles. The Balaban J connectivity index is 2.01. The highest BCUT2D eigenvalue weighted by molar-refractivity contribution is 7.99. The first-order chi connectivity index (χ1) is 8.66. The van der Waals surface area contributed by atoms with Gasteiger partial charge in [0.05, 0.1) is 6.20 Å². The molecule has 3 nitrogen and oxygen atoms in total. The van der Waals surface area contributed by atoms with Gasteiger partial charge in [-0.1, -0.05) is 23.8 Å². The van der Waals surface area contributed by atoms with Gasteiger partial charge < -0.3 is 5.73 Å². The first-order valence-corrected chi connectivity index (χ1v) is 6.87. The first-order valence-electron chi connectivity index (χ1n) is 5.88. The Morgan fingerprint density at radius 2 is 2.11 bits per heavy atom. The predicted molar refractivity (Wildman–Crippen MR) is 75.6 cm³/mol. The van der Waals surface area contributed by atoms with Crippen LogP contribution in [-0.4, -0.2) is 15.7 Å². The van der Waals surface area contributed by atoms with Crippen molar-refractivity contribution in [2.24, 2.45) is 5.73 Å². The van der Waals surface area contributed by atoms with E-state index in [2.05, 4.69) is 42.0 Å². The summed E-state index contributed by atoms with van der Waals surface area (Å²) in [5, 5.41) is 0.915. The summed E-state index contributed by atoms with van der Waals surface area (Å²) in [4.78, 5) is 8.27. The lowest BCUT2D eigenvalue weighted by Crippen LogP contribution is -2.14. The Morgan fingerprint density at radius 1 is 1.28 bits per heavy atom. The fourth-order valence-corrected chi connectivity index (χ4v) is 2.67. The highest BCUT2D eigenvalue weighted by atomic mass is 32.2. The maximum absolute atomic E-state index is 6.22. The fraction of sp³-hybridized carbons (Fsp3) is 0.286. The van der Waals surface area contributed by atoms with Crippen molar-refractivity contribution < 1.29 is 0 Å². The topological polar surface area (TPSA) is 51.8 Å². The summed E-state index contributed by atoms with van der Waals surface area (Å²) in [6, 6.07) is 6.42. The van der Waals surface area contributed by atoms with Gasteiger partial charge in [0.25, 0.3) is 0 Å². The van der Waals surface area contributed by atoms with Crippen LogP contribution in [0, 0.1) is 13.8 Å². The van der Waals surface area contributed by atoms with Gasteiger partial charge in [0.2, 0.25) is 0 Å². The third-order valence-corrected chi connectivity index (χ3v) is 3.81. The molecule has 0 amide bonds. The van der Waals surface area contributed by atoms with Crippen LogP contribution >= 0.6 is 11.8 Å². The van der Waals surface area contributed by atoms with Crippen molar-refractivity contribution in [2.75, 3.05) is 5.75 Å². The Morgan fingerprint density at radius 3 is 2.78 bits per heavy atom. The van der Waals surface area contributed by atoms with E-state index in [1.54, 1.807) is 30.4 Å². The minimum absolute atomic E-state index is 0.0256. The molecule has 1 unspecified atom stereocenters. The SMILES string of the molecule is Cc1ccc(C(N)CSc2cnccn2)c(C)c1. The summed E-state index contributed by atoms with van der Waals surface area (Å²) in [6.07, 6.45) is 5.14. The van der Waals surface area contributed by atoms with Gasteiger partial charge in [-0.05, 0) is 25.0 Å². The number of thioether (sulfide) groups is 1. The molecule has 18 heavy (non-hydrogen) atoms. The number of rotatable bonds is 4. The van der Waals surface area contributed by atoms with Crippen LogP contribution in [0.15, 0.2) is 41.8 Å². The second kappa shape index (κ2) is 5.98. The van der Waals surface area contributed by atoms with Crippen LogP contribution in [0.1, 0.15) is 22.7 Å². The minimum Gasteiger partial charge on any atom is -0.323 e. The van der Waals surface area contributed by atoms with Crippen LogP contribution in [0.4, 0.5) is 0 Å². The number of nitrogens with two attached hydrogens (primary N) is 1. The lowest BCUT2D eigenvalue weighted by molar-refractivity contribution is 0.820. The molecule has 0 fully saturated rings. The average molecular weight is 259 g/mol. The lowest BCUT2D eigenvalue weighted by Gasteiger charge is -2.14. The molecule has 1 atom stereocenters. The Kier molecular flexibility index (Phi) is 4.33. The van der Waals surface area contributed by atoms with E-state index < -0.39 is 0 Å². The summed E-state index contributed by atoms with van der Waals surface area (Å²) < 4.78 is 0. The number of hydrogen-bond donors (Lipinski definition) is 1. The molecule has 1 aromatic heterocycles.